The number of nitriles is 1. The van der Waals surface area contributed by atoms with E-state index >= 15 is 0 Å². The highest BCUT2D eigenvalue weighted by Crippen LogP contribution is 2.54. The first-order chi connectivity index (χ1) is 5.97. The Balaban J connectivity index is 2.69. The first kappa shape index (κ1) is 10.1. The Kier molecular flexibility index (Phi) is 2.36. The molecular formula is C9H9BrN2O. The third-order valence-corrected chi connectivity index (χ3v) is 2.61. The van der Waals surface area contributed by atoms with Crippen LogP contribution in [0.2, 0.25) is 0 Å². The fraction of sp³-hybridized carbons (Fsp3) is 0.556. The van der Waals surface area contributed by atoms with Gasteiger partial charge >= 0.3 is 0 Å². The highest BCUT2D eigenvalue weighted by molar-refractivity contribution is 9.12. The van der Waals surface area contributed by atoms with Crippen LogP contribution in [-0.2, 0) is 4.79 Å². The number of carbonyl (C=O) groups is 1. The van der Waals surface area contributed by atoms with Crippen molar-refractivity contribution in [1.29, 1.82) is 5.26 Å². The molecule has 4 heteroatoms. The third kappa shape index (κ3) is 1.68. The Labute approximate surface area is 85.6 Å². The molecule has 1 aliphatic carbocycles. The fourth-order valence-corrected chi connectivity index (χ4v) is 1.50. The molecule has 13 heavy (non-hydrogen) atoms. The first-order valence-corrected chi connectivity index (χ1v) is 4.62. The van der Waals surface area contributed by atoms with E-state index in [9.17, 15) is 4.79 Å². The number of hydrogen-bond acceptors (Lipinski definition) is 2. The van der Waals surface area contributed by atoms with Gasteiger partial charge in [-0.1, -0.05) is 13.8 Å². The Hall–Kier alpha value is -1.00. The molecule has 0 bridgehead atoms. The van der Waals surface area contributed by atoms with Gasteiger partial charge in [0.2, 0.25) is 0 Å². The minimum absolute atomic E-state index is 0.134. The molecule has 0 saturated heterocycles. The maximum absolute atomic E-state index is 11.1. The van der Waals surface area contributed by atoms with Gasteiger partial charge in [-0.05, 0) is 11.3 Å². The smallest absolute Gasteiger partial charge is 0.298 e. The molecule has 1 saturated carbocycles. The molecule has 0 radical (unpaired) electrons. The van der Waals surface area contributed by atoms with Gasteiger partial charge in [-0.25, -0.2) is 0 Å². The molecule has 0 aromatic carbocycles. The van der Waals surface area contributed by atoms with E-state index in [1.165, 1.54) is 0 Å². The predicted molar refractivity (Wildman–Crippen MR) is 51.6 cm³/mol. The molecule has 1 aliphatic rings. The number of halogens is 1. The summed E-state index contributed by atoms with van der Waals surface area (Å²) >= 11 is 2.82. The zero-order chi connectivity index (χ0) is 10.1. The zero-order valence-corrected chi connectivity index (χ0v) is 9.03. The topological polar surface area (TPSA) is 52.9 Å². The van der Waals surface area contributed by atoms with Gasteiger partial charge in [-0.2, -0.15) is 5.26 Å². The number of rotatable bonds is 1. The van der Waals surface area contributed by atoms with Crippen LogP contribution in [0.25, 0.3) is 0 Å². The summed E-state index contributed by atoms with van der Waals surface area (Å²) in [5, 5.41) is 11.5. The molecule has 1 fully saturated rings. The molecule has 1 unspecified atom stereocenters. The Morgan fingerprint density at radius 1 is 1.62 bits per heavy atom. The van der Waals surface area contributed by atoms with Crippen molar-refractivity contribution in [1.82, 2.24) is 5.32 Å². The van der Waals surface area contributed by atoms with Crippen molar-refractivity contribution in [2.45, 2.75) is 25.8 Å². The molecular weight excluding hydrogens is 232 g/mol. The zero-order valence-electron chi connectivity index (χ0n) is 7.44. The second-order valence-corrected chi connectivity index (χ2v) is 4.15. The van der Waals surface area contributed by atoms with E-state index in [2.05, 4.69) is 38.1 Å². The minimum Gasteiger partial charge on any atom is -0.326 e. The lowest BCUT2D eigenvalue weighted by atomic mass is 10.1. The van der Waals surface area contributed by atoms with Gasteiger partial charge in [-0.3, -0.25) is 4.79 Å². The van der Waals surface area contributed by atoms with Crippen LogP contribution >= 0.6 is 15.9 Å². The Bertz CT molecular complexity index is 345. The first-order valence-electron chi connectivity index (χ1n) is 3.82. The maximum atomic E-state index is 11.1. The minimum atomic E-state index is -0.707. The second-order valence-electron chi connectivity index (χ2n) is 3.75. The summed E-state index contributed by atoms with van der Waals surface area (Å²) < 4.78 is 0. The van der Waals surface area contributed by atoms with Gasteiger partial charge in [0.05, 0.1) is 6.07 Å². The van der Waals surface area contributed by atoms with Crippen molar-refractivity contribution >= 4 is 21.8 Å². The number of amides is 1. The van der Waals surface area contributed by atoms with Crippen LogP contribution in [0, 0.1) is 27.5 Å². The van der Waals surface area contributed by atoms with Gasteiger partial charge in [0.15, 0.2) is 0 Å². The van der Waals surface area contributed by atoms with Crippen LogP contribution in [0.5, 0.6) is 0 Å². The van der Waals surface area contributed by atoms with Crippen molar-refractivity contribution in [2.24, 2.45) is 5.41 Å². The van der Waals surface area contributed by atoms with Crippen molar-refractivity contribution in [2.75, 3.05) is 0 Å². The summed E-state index contributed by atoms with van der Waals surface area (Å²) in [6.07, 6.45) is 0.687. The fourth-order valence-electron chi connectivity index (χ4n) is 1.32. The summed E-state index contributed by atoms with van der Waals surface area (Å²) in [4.78, 5) is 13.4. The van der Waals surface area contributed by atoms with Gasteiger partial charge < -0.3 is 5.32 Å². The van der Waals surface area contributed by atoms with Crippen LogP contribution in [-0.4, -0.2) is 11.4 Å². The molecule has 68 valence electrons. The highest BCUT2D eigenvalue weighted by atomic mass is 79.9. The van der Waals surface area contributed by atoms with Gasteiger partial charge in [0.25, 0.3) is 5.91 Å². The third-order valence-electron chi connectivity index (χ3n) is 2.42. The number of hydrogen-bond donors (Lipinski definition) is 1. The number of nitrogens with one attached hydrogen (secondary N) is 1. The quantitative estimate of drug-likeness (QED) is 0.700. The average Bonchev–Trinajstić information content (AvgIpc) is 2.54. The molecule has 0 aromatic rings. The highest BCUT2D eigenvalue weighted by Gasteiger charge is 2.63. The molecule has 1 rings (SSSR count). The molecule has 0 spiro atoms. The van der Waals surface area contributed by atoms with E-state index < -0.39 is 11.4 Å². The molecule has 1 N–H and O–H groups in total. The summed E-state index contributed by atoms with van der Waals surface area (Å²) in [6.45, 7) is 3.89. The lowest BCUT2D eigenvalue weighted by Gasteiger charge is -2.11. The van der Waals surface area contributed by atoms with E-state index in [1.54, 1.807) is 0 Å². The van der Waals surface area contributed by atoms with Crippen molar-refractivity contribution in [3.63, 3.8) is 0 Å². The molecule has 0 heterocycles. The van der Waals surface area contributed by atoms with Crippen molar-refractivity contribution < 1.29 is 4.79 Å². The summed E-state index contributed by atoms with van der Waals surface area (Å²) in [5.41, 5.74) is -0.841. The van der Waals surface area contributed by atoms with E-state index in [-0.39, 0.29) is 5.41 Å². The Morgan fingerprint density at radius 2 is 2.15 bits per heavy atom. The molecule has 0 aliphatic heterocycles. The van der Waals surface area contributed by atoms with Crippen LogP contribution in [0.4, 0.5) is 0 Å². The van der Waals surface area contributed by atoms with Crippen LogP contribution in [0.1, 0.15) is 20.3 Å². The molecule has 1 amide bonds. The lowest BCUT2D eigenvalue weighted by molar-refractivity contribution is -0.116. The summed E-state index contributed by atoms with van der Waals surface area (Å²) in [5.74, 6) is 1.87. The predicted octanol–water partition coefficient (Wildman–Crippen LogP) is 1.15. The maximum Gasteiger partial charge on any atom is 0.298 e. The summed E-state index contributed by atoms with van der Waals surface area (Å²) in [6, 6.07) is 2.12. The van der Waals surface area contributed by atoms with E-state index in [1.807, 2.05) is 13.8 Å². The van der Waals surface area contributed by atoms with Gasteiger partial charge in [0.1, 0.15) is 5.54 Å². The molecule has 1 atom stereocenters. The van der Waals surface area contributed by atoms with Crippen molar-refractivity contribution in [3.8, 4) is 16.8 Å². The average molecular weight is 241 g/mol. The van der Waals surface area contributed by atoms with Crippen LogP contribution in [0.3, 0.4) is 0 Å². The van der Waals surface area contributed by atoms with Crippen molar-refractivity contribution in [3.05, 3.63) is 0 Å². The number of nitrogens with zero attached hydrogens (tertiary/aromatic N) is 1. The summed E-state index contributed by atoms with van der Waals surface area (Å²) in [7, 11) is 0. The van der Waals surface area contributed by atoms with Gasteiger partial charge in [0, 0.05) is 27.3 Å². The van der Waals surface area contributed by atoms with Crippen LogP contribution in [0.15, 0.2) is 0 Å². The monoisotopic (exact) mass is 240 g/mol. The standard InChI is InChI=1S/C9H9BrN2O/c1-8(2)5-9(8,6-11)12-7(13)3-4-10/h5H2,1-2H3,(H,12,13). The largest absolute Gasteiger partial charge is 0.326 e. The van der Waals surface area contributed by atoms with E-state index in [0.717, 1.165) is 0 Å². The van der Waals surface area contributed by atoms with E-state index in [0.29, 0.717) is 6.42 Å². The normalized spacial score (nSPS) is 27.8. The Morgan fingerprint density at radius 3 is 2.46 bits per heavy atom. The SMILES string of the molecule is CC1(C)CC1(C#N)NC(=O)C#CBr. The molecule has 0 aromatic heterocycles. The number of carbonyl (C=O) groups excluding carboxylic acids is 1. The lowest BCUT2D eigenvalue weighted by Crippen LogP contribution is -2.38. The van der Waals surface area contributed by atoms with Gasteiger partial charge in [-0.15, -0.1) is 0 Å². The van der Waals surface area contributed by atoms with E-state index in [4.69, 9.17) is 5.26 Å². The second kappa shape index (κ2) is 3.05. The van der Waals surface area contributed by atoms with Crippen LogP contribution < -0.4 is 5.32 Å². The molecule has 3 nitrogen and oxygen atoms in total.